The molecule has 0 aliphatic carbocycles. The van der Waals surface area contributed by atoms with Gasteiger partial charge in [-0.15, -0.1) is 0 Å². The molecule has 0 N–H and O–H groups in total. The van der Waals surface area contributed by atoms with Crippen LogP contribution in [0.5, 0.6) is 11.5 Å². The van der Waals surface area contributed by atoms with Crippen LogP contribution in [0.2, 0.25) is 0 Å². The summed E-state index contributed by atoms with van der Waals surface area (Å²) >= 11 is 0. The Hall–Kier alpha value is -1.77. The highest BCUT2D eigenvalue weighted by Crippen LogP contribution is 2.35. The molecule has 1 aromatic carbocycles. The standard InChI is InChI=1S/C13H13NO2/c1-9-2-4-11(14-7-9)10-3-5-12-13(6-10)16-8-15-12/h2-7,9,11H,8H2,1H3. The van der Waals surface area contributed by atoms with Crippen molar-refractivity contribution in [2.45, 2.75) is 13.0 Å². The van der Waals surface area contributed by atoms with Crippen molar-refractivity contribution in [1.29, 1.82) is 0 Å². The van der Waals surface area contributed by atoms with E-state index in [1.54, 1.807) is 0 Å². The Kier molecular flexibility index (Phi) is 2.17. The van der Waals surface area contributed by atoms with Crippen LogP contribution in [0.4, 0.5) is 0 Å². The van der Waals surface area contributed by atoms with Crippen LogP contribution in [0.3, 0.4) is 0 Å². The van der Waals surface area contributed by atoms with Crippen LogP contribution in [0.1, 0.15) is 18.5 Å². The minimum absolute atomic E-state index is 0.116. The summed E-state index contributed by atoms with van der Waals surface area (Å²) in [4.78, 5) is 4.50. The third kappa shape index (κ3) is 1.58. The molecule has 2 heterocycles. The first-order valence-electron chi connectivity index (χ1n) is 5.44. The molecule has 3 nitrogen and oxygen atoms in total. The zero-order valence-electron chi connectivity index (χ0n) is 9.09. The van der Waals surface area contributed by atoms with Crippen molar-refractivity contribution in [2.75, 3.05) is 6.79 Å². The lowest BCUT2D eigenvalue weighted by Crippen LogP contribution is -2.02. The first kappa shape index (κ1) is 9.46. The third-order valence-electron chi connectivity index (χ3n) is 2.82. The fourth-order valence-corrected chi connectivity index (χ4v) is 1.90. The average molecular weight is 215 g/mol. The lowest BCUT2D eigenvalue weighted by atomic mass is 10.0. The number of rotatable bonds is 1. The summed E-state index contributed by atoms with van der Waals surface area (Å²) in [6.07, 6.45) is 6.28. The predicted octanol–water partition coefficient (Wildman–Crippen LogP) is 2.73. The van der Waals surface area contributed by atoms with E-state index in [4.69, 9.17) is 9.47 Å². The van der Waals surface area contributed by atoms with Crippen LogP contribution in [0.25, 0.3) is 0 Å². The Morgan fingerprint density at radius 3 is 2.88 bits per heavy atom. The number of allylic oxidation sites excluding steroid dienone is 1. The summed E-state index contributed by atoms with van der Waals surface area (Å²) in [7, 11) is 0. The van der Waals surface area contributed by atoms with E-state index >= 15 is 0 Å². The van der Waals surface area contributed by atoms with E-state index in [9.17, 15) is 0 Å². The van der Waals surface area contributed by atoms with Gasteiger partial charge in [0.1, 0.15) is 0 Å². The molecule has 1 aromatic rings. The van der Waals surface area contributed by atoms with Gasteiger partial charge in [0, 0.05) is 12.1 Å². The van der Waals surface area contributed by atoms with Crippen LogP contribution in [0.15, 0.2) is 35.3 Å². The summed E-state index contributed by atoms with van der Waals surface area (Å²) in [5.41, 5.74) is 1.14. The van der Waals surface area contributed by atoms with E-state index in [0.29, 0.717) is 12.7 Å². The van der Waals surface area contributed by atoms with Crippen LogP contribution >= 0.6 is 0 Å². The van der Waals surface area contributed by atoms with Gasteiger partial charge in [-0.3, -0.25) is 4.99 Å². The van der Waals surface area contributed by atoms with E-state index in [0.717, 1.165) is 17.1 Å². The molecule has 3 rings (SSSR count). The number of aliphatic imine (C=N–C) groups is 1. The Balaban J connectivity index is 1.90. The molecule has 0 radical (unpaired) electrons. The molecule has 3 heteroatoms. The number of ether oxygens (including phenoxy) is 2. The number of hydrogen-bond donors (Lipinski definition) is 0. The monoisotopic (exact) mass is 215 g/mol. The van der Waals surface area contributed by atoms with Gasteiger partial charge in [0.05, 0.1) is 6.04 Å². The summed E-state index contributed by atoms with van der Waals surface area (Å²) in [5, 5.41) is 0. The molecule has 0 spiro atoms. The van der Waals surface area contributed by atoms with Gasteiger partial charge in [0.2, 0.25) is 6.79 Å². The third-order valence-corrected chi connectivity index (χ3v) is 2.82. The molecule has 16 heavy (non-hydrogen) atoms. The first-order chi connectivity index (χ1) is 7.83. The quantitative estimate of drug-likeness (QED) is 0.674. The largest absolute Gasteiger partial charge is 0.454 e. The van der Waals surface area contributed by atoms with Crippen LogP contribution < -0.4 is 9.47 Å². The van der Waals surface area contributed by atoms with E-state index in [-0.39, 0.29) is 6.04 Å². The number of benzene rings is 1. The molecule has 0 fully saturated rings. The van der Waals surface area contributed by atoms with Crippen molar-refractivity contribution in [3.8, 4) is 11.5 Å². The van der Waals surface area contributed by atoms with Gasteiger partial charge in [0.15, 0.2) is 11.5 Å². The zero-order valence-corrected chi connectivity index (χ0v) is 9.09. The Morgan fingerprint density at radius 1 is 1.19 bits per heavy atom. The van der Waals surface area contributed by atoms with Crippen LogP contribution in [0, 0.1) is 5.92 Å². The number of dihydropyridines is 1. The summed E-state index contributed by atoms with van der Waals surface area (Å²) in [6, 6.07) is 6.10. The van der Waals surface area contributed by atoms with Crippen molar-refractivity contribution in [2.24, 2.45) is 10.9 Å². The lowest BCUT2D eigenvalue weighted by Gasteiger charge is -2.14. The molecule has 0 saturated carbocycles. The normalized spacial score (nSPS) is 26.1. The maximum Gasteiger partial charge on any atom is 0.231 e. The zero-order chi connectivity index (χ0) is 11.0. The minimum Gasteiger partial charge on any atom is -0.454 e. The highest BCUT2D eigenvalue weighted by Gasteiger charge is 2.17. The van der Waals surface area contributed by atoms with Gasteiger partial charge < -0.3 is 9.47 Å². The first-order valence-corrected chi connectivity index (χ1v) is 5.44. The van der Waals surface area contributed by atoms with Gasteiger partial charge in [-0.25, -0.2) is 0 Å². The second-order valence-electron chi connectivity index (χ2n) is 4.10. The average Bonchev–Trinajstić information content (AvgIpc) is 2.77. The topological polar surface area (TPSA) is 30.8 Å². The second-order valence-corrected chi connectivity index (χ2v) is 4.10. The maximum absolute atomic E-state index is 5.35. The van der Waals surface area contributed by atoms with Crippen molar-refractivity contribution in [3.63, 3.8) is 0 Å². The van der Waals surface area contributed by atoms with Gasteiger partial charge in [-0.1, -0.05) is 25.1 Å². The fraction of sp³-hybridized carbons (Fsp3) is 0.308. The molecule has 2 unspecified atom stereocenters. The molecule has 0 aromatic heterocycles. The maximum atomic E-state index is 5.35. The highest BCUT2D eigenvalue weighted by atomic mass is 16.7. The van der Waals surface area contributed by atoms with Crippen molar-refractivity contribution < 1.29 is 9.47 Å². The van der Waals surface area contributed by atoms with Crippen molar-refractivity contribution in [3.05, 3.63) is 35.9 Å². The Labute approximate surface area is 94.4 Å². The van der Waals surface area contributed by atoms with Gasteiger partial charge in [0.25, 0.3) is 0 Å². The molecule has 0 amide bonds. The summed E-state index contributed by atoms with van der Waals surface area (Å²) in [6.45, 7) is 2.44. The predicted molar refractivity (Wildman–Crippen MR) is 62.1 cm³/mol. The van der Waals surface area contributed by atoms with E-state index in [2.05, 4.69) is 24.1 Å². The Morgan fingerprint density at radius 2 is 2.06 bits per heavy atom. The van der Waals surface area contributed by atoms with Gasteiger partial charge in [-0.2, -0.15) is 0 Å². The van der Waals surface area contributed by atoms with Crippen molar-refractivity contribution in [1.82, 2.24) is 0 Å². The lowest BCUT2D eigenvalue weighted by molar-refractivity contribution is 0.174. The highest BCUT2D eigenvalue weighted by molar-refractivity contribution is 5.65. The molecule has 82 valence electrons. The molecular formula is C13H13NO2. The molecule has 2 aliphatic heterocycles. The number of nitrogens with zero attached hydrogens (tertiary/aromatic N) is 1. The molecule has 2 aliphatic rings. The van der Waals surface area contributed by atoms with Crippen molar-refractivity contribution >= 4 is 6.21 Å². The summed E-state index contributed by atoms with van der Waals surface area (Å²) in [5.74, 6) is 2.07. The molecule has 0 bridgehead atoms. The van der Waals surface area contributed by atoms with Gasteiger partial charge >= 0.3 is 0 Å². The van der Waals surface area contributed by atoms with Crippen LogP contribution in [-0.2, 0) is 0 Å². The van der Waals surface area contributed by atoms with E-state index < -0.39 is 0 Å². The number of fused-ring (bicyclic) bond motifs is 1. The smallest absolute Gasteiger partial charge is 0.231 e. The van der Waals surface area contributed by atoms with Crippen LogP contribution in [-0.4, -0.2) is 13.0 Å². The van der Waals surface area contributed by atoms with E-state index in [1.165, 1.54) is 0 Å². The van der Waals surface area contributed by atoms with Gasteiger partial charge in [-0.05, 0) is 17.7 Å². The fourth-order valence-electron chi connectivity index (χ4n) is 1.90. The SMILES string of the molecule is CC1C=CC(c2ccc3c(c2)OCO3)N=C1. The molecule has 2 atom stereocenters. The van der Waals surface area contributed by atoms with E-state index in [1.807, 2.05) is 24.4 Å². The minimum atomic E-state index is 0.116. The molecule has 0 saturated heterocycles. The summed E-state index contributed by atoms with van der Waals surface area (Å²) < 4.78 is 10.6. The molecular weight excluding hydrogens is 202 g/mol. The number of hydrogen-bond acceptors (Lipinski definition) is 3. The second kappa shape index (κ2) is 3.67. The Bertz CT molecular complexity index is 451.